The van der Waals surface area contributed by atoms with Crippen LogP contribution in [0.25, 0.3) is 0 Å². The summed E-state index contributed by atoms with van der Waals surface area (Å²) >= 11 is 0.868. The van der Waals surface area contributed by atoms with Crippen molar-refractivity contribution in [1.82, 2.24) is 0 Å². The molecule has 188 valence electrons. The summed E-state index contributed by atoms with van der Waals surface area (Å²) < 4.78 is 105. The van der Waals surface area contributed by atoms with Crippen molar-refractivity contribution in [1.29, 1.82) is 0 Å². The highest BCUT2D eigenvalue weighted by molar-refractivity contribution is 8.16. The number of fused-ring (bicyclic) bond motifs is 1. The number of thioether (sulfide) groups is 1. The molecule has 0 aliphatic carbocycles. The molecule has 35 heavy (non-hydrogen) atoms. The number of hydrogen-bond acceptors (Lipinski definition) is 4. The lowest BCUT2D eigenvalue weighted by Gasteiger charge is -2.26. The van der Waals surface area contributed by atoms with E-state index in [2.05, 4.69) is 4.99 Å². The van der Waals surface area contributed by atoms with Crippen molar-refractivity contribution in [2.75, 3.05) is 16.4 Å². The summed E-state index contributed by atoms with van der Waals surface area (Å²) in [5.74, 6) is -1.46. The number of nitrogens with zero attached hydrogens (tertiary/aromatic N) is 2. The standard InChI is InChI=1S/C22H18F6N2O3S2/c1-12-2-4-13(5-3-12)6-19(31)29-20-30(17-10-35(32,33)11-18(17)34-20)16-8-14(21(23,24)25)7-15(9-16)22(26,27)28/h2-5,7-9,17-18H,6,10-11H2,1H3/t17-,18-/m0/s1. The van der Waals surface area contributed by atoms with E-state index in [1.807, 2.05) is 6.92 Å². The van der Waals surface area contributed by atoms with E-state index in [9.17, 15) is 39.6 Å². The largest absolute Gasteiger partial charge is 0.416 e. The Balaban J connectivity index is 1.77. The molecule has 2 aliphatic heterocycles. The minimum absolute atomic E-state index is 0.00501. The van der Waals surface area contributed by atoms with Crippen molar-refractivity contribution in [3.8, 4) is 0 Å². The lowest BCUT2D eigenvalue weighted by molar-refractivity contribution is -0.143. The van der Waals surface area contributed by atoms with Gasteiger partial charge in [0.2, 0.25) is 0 Å². The second-order valence-corrected chi connectivity index (χ2v) is 11.7. The molecule has 2 aromatic rings. The fourth-order valence-corrected chi connectivity index (χ4v) is 7.90. The van der Waals surface area contributed by atoms with Crippen molar-refractivity contribution < 1.29 is 39.6 Å². The van der Waals surface area contributed by atoms with Crippen LogP contribution in [-0.4, -0.2) is 42.3 Å². The van der Waals surface area contributed by atoms with Crippen molar-refractivity contribution in [2.24, 2.45) is 4.99 Å². The molecular weight excluding hydrogens is 518 g/mol. The number of aryl methyl sites for hydroxylation is 1. The molecule has 2 saturated heterocycles. The Morgan fingerprint density at radius 2 is 1.57 bits per heavy atom. The van der Waals surface area contributed by atoms with Gasteiger partial charge in [-0.3, -0.25) is 4.79 Å². The first-order chi connectivity index (χ1) is 16.1. The molecule has 0 bridgehead atoms. The molecule has 0 N–H and O–H groups in total. The lowest BCUT2D eigenvalue weighted by Crippen LogP contribution is -2.38. The average Bonchev–Trinajstić information content (AvgIpc) is 3.18. The van der Waals surface area contributed by atoms with E-state index >= 15 is 0 Å². The number of carbonyl (C=O) groups is 1. The summed E-state index contributed by atoms with van der Waals surface area (Å²) in [7, 11) is -3.57. The van der Waals surface area contributed by atoms with Crippen LogP contribution in [0.1, 0.15) is 22.3 Å². The Kier molecular flexibility index (Phi) is 6.45. The minimum atomic E-state index is -5.08. The molecule has 0 radical (unpaired) electrons. The van der Waals surface area contributed by atoms with Gasteiger partial charge in [0.1, 0.15) is 0 Å². The number of hydrogen-bond donors (Lipinski definition) is 0. The van der Waals surface area contributed by atoms with Crippen LogP contribution in [0.2, 0.25) is 0 Å². The number of aliphatic imine (C=N–C) groups is 1. The topological polar surface area (TPSA) is 66.8 Å². The van der Waals surface area contributed by atoms with E-state index in [1.54, 1.807) is 24.3 Å². The van der Waals surface area contributed by atoms with E-state index in [-0.39, 0.29) is 23.4 Å². The van der Waals surface area contributed by atoms with Gasteiger partial charge >= 0.3 is 12.4 Å². The summed E-state index contributed by atoms with van der Waals surface area (Å²) in [5, 5.41) is -0.811. The van der Waals surface area contributed by atoms with Crippen molar-refractivity contribution >= 4 is 38.4 Å². The Hall–Kier alpha value is -2.54. The second kappa shape index (κ2) is 8.84. The molecular formula is C22H18F6N2O3S2. The quantitative estimate of drug-likeness (QED) is 0.524. The number of sulfone groups is 1. The average molecular weight is 537 g/mol. The predicted octanol–water partition coefficient (Wildman–Crippen LogP) is 4.88. The molecule has 2 aromatic carbocycles. The summed E-state index contributed by atoms with van der Waals surface area (Å²) in [6.07, 6.45) is -10.3. The number of alkyl halides is 6. The van der Waals surface area contributed by atoms with Crippen LogP contribution in [0, 0.1) is 6.92 Å². The highest BCUT2D eigenvalue weighted by Crippen LogP contribution is 2.44. The van der Waals surface area contributed by atoms with Crippen LogP contribution in [-0.2, 0) is 33.4 Å². The highest BCUT2D eigenvalue weighted by Gasteiger charge is 2.50. The van der Waals surface area contributed by atoms with Gasteiger partial charge in [0, 0.05) is 10.9 Å². The van der Waals surface area contributed by atoms with E-state index in [1.165, 1.54) is 0 Å². The molecule has 2 aliphatic rings. The van der Waals surface area contributed by atoms with Gasteiger partial charge in [-0.05, 0) is 30.7 Å². The summed E-state index contributed by atoms with van der Waals surface area (Å²) in [5.41, 5.74) is -2.01. The number of amidine groups is 1. The van der Waals surface area contributed by atoms with E-state index < -0.39 is 62.0 Å². The molecule has 2 fully saturated rings. The van der Waals surface area contributed by atoms with Crippen LogP contribution in [0.4, 0.5) is 32.0 Å². The minimum Gasteiger partial charge on any atom is -0.316 e. The molecule has 0 spiro atoms. The van der Waals surface area contributed by atoms with E-state index in [4.69, 9.17) is 0 Å². The maximum absolute atomic E-state index is 13.4. The van der Waals surface area contributed by atoms with Gasteiger partial charge in [-0.25, -0.2) is 8.42 Å². The molecule has 2 heterocycles. The van der Waals surface area contributed by atoms with Gasteiger partial charge in [-0.1, -0.05) is 41.6 Å². The number of benzene rings is 2. The third-order valence-corrected chi connectivity index (χ3v) is 8.82. The van der Waals surface area contributed by atoms with E-state index in [0.717, 1.165) is 22.2 Å². The highest BCUT2D eigenvalue weighted by atomic mass is 32.2. The van der Waals surface area contributed by atoms with Gasteiger partial charge in [0.15, 0.2) is 15.0 Å². The maximum atomic E-state index is 13.4. The summed E-state index contributed by atoms with van der Waals surface area (Å²) in [4.78, 5) is 17.6. The summed E-state index contributed by atoms with van der Waals surface area (Å²) in [6, 6.07) is 7.04. The third kappa shape index (κ3) is 5.66. The molecule has 13 heteroatoms. The van der Waals surface area contributed by atoms with Gasteiger partial charge in [0.05, 0.1) is 35.1 Å². The zero-order valence-electron chi connectivity index (χ0n) is 18.0. The number of amides is 1. The fourth-order valence-electron chi connectivity index (χ4n) is 3.97. The zero-order valence-corrected chi connectivity index (χ0v) is 19.7. The molecule has 0 unspecified atom stereocenters. The van der Waals surface area contributed by atoms with Crippen LogP contribution >= 0.6 is 11.8 Å². The van der Waals surface area contributed by atoms with Gasteiger partial charge in [0.25, 0.3) is 5.91 Å². The van der Waals surface area contributed by atoms with Crippen molar-refractivity contribution in [2.45, 2.75) is 37.0 Å². The van der Waals surface area contributed by atoms with Crippen LogP contribution < -0.4 is 4.90 Å². The normalized spacial score (nSPS) is 23.1. The Bertz CT molecular complexity index is 1260. The third-order valence-electron chi connectivity index (χ3n) is 5.61. The smallest absolute Gasteiger partial charge is 0.316 e. The lowest BCUT2D eigenvalue weighted by atomic mass is 10.1. The van der Waals surface area contributed by atoms with Crippen molar-refractivity contribution in [3.05, 3.63) is 64.7 Å². The molecule has 2 atom stereocenters. The number of carbonyl (C=O) groups excluding carboxylic acids is 1. The molecule has 0 aromatic heterocycles. The van der Waals surface area contributed by atoms with Crippen LogP contribution in [0.5, 0.6) is 0 Å². The Labute approximate surface area is 201 Å². The number of halogens is 6. The molecule has 4 rings (SSSR count). The second-order valence-electron chi connectivity index (χ2n) is 8.39. The zero-order chi connectivity index (χ0) is 25.8. The fraction of sp³-hybridized carbons (Fsp3) is 0.364. The summed E-state index contributed by atoms with van der Waals surface area (Å²) in [6.45, 7) is 1.86. The number of anilines is 1. The van der Waals surface area contributed by atoms with Gasteiger partial charge in [-0.2, -0.15) is 31.3 Å². The molecule has 5 nitrogen and oxygen atoms in total. The van der Waals surface area contributed by atoms with Crippen LogP contribution in [0.15, 0.2) is 47.5 Å². The number of rotatable bonds is 3. The first kappa shape index (κ1) is 25.5. The van der Waals surface area contributed by atoms with Crippen LogP contribution in [0.3, 0.4) is 0 Å². The maximum Gasteiger partial charge on any atom is 0.416 e. The van der Waals surface area contributed by atoms with Gasteiger partial charge < -0.3 is 4.90 Å². The Morgan fingerprint density at radius 1 is 1.00 bits per heavy atom. The van der Waals surface area contributed by atoms with Crippen molar-refractivity contribution in [3.63, 3.8) is 0 Å². The molecule has 1 amide bonds. The van der Waals surface area contributed by atoms with E-state index in [0.29, 0.717) is 17.7 Å². The Morgan fingerprint density at radius 3 is 2.11 bits per heavy atom. The first-order valence-corrected chi connectivity index (χ1v) is 13.0. The molecule has 0 saturated carbocycles. The monoisotopic (exact) mass is 536 g/mol. The van der Waals surface area contributed by atoms with Gasteiger partial charge in [-0.15, -0.1) is 0 Å². The first-order valence-electron chi connectivity index (χ1n) is 10.3. The SMILES string of the molecule is Cc1ccc(CC(=O)N=C2S[C@H]3CS(=O)(=O)C[C@@H]3N2c2cc(C(F)(F)F)cc(C(F)(F)F)c2)cc1. The predicted molar refractivity (Wildman–Crippen MR) is 120 cm³/mol.